The third-order valence-electron chi connectivity index (χ3n) is 6.00. The maximum Gasteiger partial charge on any atom is 0.337 e. The van der Waals surface area contributed by atoms with Crippen molar-refractivity contribution in [2.45, 2.75) is 70.3 Å². The molecule has 0 amide bonds. The molecule has 4 nitrogen and oxygen atoms in total. The molecule has 1 N–H and O–H groups in total. The van der Waals surface area contributed by atoms with E-state index in [2.05, 4.69) is 5.32 Å². The predicted molar refractivity (Wildman–Crippen MR) is 109 cm³/mol. The van der Waals surface area contributed by atoms with E-state index in [0.717, 1.165) is 55.5 Å². The first-order valence-corrected chi connectivity index (χ1v) is 10.6. The zero-order valence-corrected chi connectivity index (χ0v) is 17.0. The summed E-state index contributed by atoms with van der Waals surface area (Å²) < 4.78 is 5.89. The van der Waals surface area contributed by atoms with Crippen molar-refractivity contribution in [3.63, 3.8) is 0 Å². The van der Waals surface area contributed by atoms with E-state index in [1.54, 1.807) is 6.07 Å². The van der Waals surface area contributed by atoms with Gasteiger partial charge in [-0.2, -0.15) is 0 Å². The average Bonchev–Trinajstić information content (AvgIpc) is 2.68. The first-order chi connectivity index (χ1) is 13.5. The number of Topliss-reactive ketones (excluding diaryl/α,β-unsaturated/α-hetero) is 1. The number of allylic oxidation sites excluding steroid dienone is 3. The van der Waals surface area contributed by atoms with E-state index < -0.39 is 5.92 Å². The van der Waals surface area contributed by atoms with E-state index in [1.165, 1.54) is 6.42 Å². The Labute approximate surface area is 171 Å². The lowest BCUT2D eigenvalue weighted by molar-refractivity contribution is -0.146. The Morgan fingerprint density at radius 1 is 1.14 bits per heavy atom. The van der Waals surface area contributed by atoms with Gasteiger partial charge >= 0.3 is 5.97 Å². The molecule has 0 bridgehead atoms. The van der Waals surface area contributed by atoms with Crippen LogP contribution in [0.15, 0.2) is 46.8 Å². The van der Waals surface area contributed by atoms with Crippen LogP contribution in [0.3, 0.4) is 0 Å². The number of hydrogen-bond acceptors (Lipinski definition) is 4. The molecule has 5 heteroatoms. The minimum atomic E-state index is -0.418. The first-order valence-electron chi connectivity index (χ1n) is 10.2. The van der Waals surface area contributed by atoms with E-state index >= 15 is 0 Å². The van der Waals surface area contributed by atoms with Crippen molar-refractivity contribution in [1.29, 1.82) is 0 Å². The Hall–Kier alpha value is -2.07. The van der Waals surface area contributed by atoms with Crippen molar-refractivity contribution in [2.75, 3.05) is 0 Å². The molecule has 0 aromatic heterocycles. The van der Waals surface area contributed by atoms with E-state index in [1.807, 2.05) is 25.1 Å². The minimum absolute atomic E-state index is 0.0287. The Balaban J connectivity index is 1.74. The van der Waals surface area contributed by atoms with Crippen molar-refractivity contribution in [3.8, 4) is 0 Å². The molecule has 4 rings (SSSR count). The lowest BCUT2D eigenvalue weighted by Crippen LogP contribution is -2.35. The number of hydrogen-bond donors (Lipinski definition) is 1. The smallest absolute Gasteiger partial charge is 0.337 e. The van der Waals surface area contributed by atoms with Crippen LogP contribution in [0.2, 0.25) is 5.02 Å². The molecule has 0 radical (unpaired) electrons. The second-order valence-corrected chi connectivity index (χ2v) is 8.42. The summed E-state index contributed by atoms with van der Waals surface area (Å²) in [5.74, 6) is -0.625. The number of carbonyl (C=O) groups is 2. The second-order valence-electron chi connectivity index (χ2n) is 7.99. The molecule has 2 aliphatic carbocycles. The van der Waals surface area contributed by atoms with Crippen molar-refractivity contribution < 1.29 is 14.3 Å². The van der Waals surface area contributed by atoms with Crippen LogP contribution in [0.25, 0.3) is 0 Å². The summed E-state index contributed by atoms with van der Waals surface area (Å²) in [7, 11) is 0. The average molecular weight is 400 g/mol. The number of benzene rings is 1. The zero-order chi connectivity index (χ0) is 19.7. The van der Waals surface area contributed by atoms with Gasteiger partial charge in [0.15, 0.2) is 5.78 Å². The molecular formula is C23H26ClNO3. The van der Waals surface area contributed by atoms with E-state index in [9.17, 15) is 9.59 Å². The van der Waals surface area contributed by atoms with Gasteiger partial charge in [-0.05, 0) is 63.1 Å². The number of halogens is 1. The third kappa shape index (κ3) is 3.75. The summed E-state index contributed by atoms with van der Waals surface area (Å²) in [4.78, 5) is 26.1. The number of ether oxygens (including phenoxy) is 1. The minimum Gasteiger partial charge on any atom is -0.459 e. The fourth-order valence-corrected chi connectivity index (χ4v) is 4.87. The largest absolute Gasteiger partial charge is 0.459 e. The molecule has 148 valence electrons. The van der Waals surface area contributed by atoms with Crippen LogP contribution in [0.4, 0.5) is 0 Å². The molecule has 1 unspecified atom stereocenters. The molecule has 1 fully saturated rings. The van der Waals surface area contributed by atoms with Crippen LogP contribution in [-0.2, 0) is 14.3 Å². The van der Waals surface area contributed by atoms with Crippen molar-refractivity contribution in [1.82, 2.24) is 5.32 Å². The fraction of sp³-hybridized carbons (Fsp3) is 0.478. The van der Waals surface area contributed by atoms with Crippen molar-refractivity contribution >= 4 is 23.4 Å². The lowest BCUT2D eigenvalue weighted by Gasteiger charge is -2.35. The Bertz CT molecular complexity index is 864. The van der Waals surface area contributed by atoms with Crippen LogP contribution in [0.5, 0.6) is 0 Å². The highest BCUT2D eigenvalue weighted by molar-refractivity contribution is 6.30. The highest BCUT2D eigenvalue weighted by Crippen LogP contribution is 2.43. The van der Waals surface area contributed by atoms with Gasteiger partial charge in [0.2, 0.25) is 0 Å². The van der Waals surface area contributed by atoms with Crippen molar-refractivity contribution in [2.24, 2.45) is 0 Å². The van der Waals surface area contributed by atoms with Crippen molar-refractivity contribution in [3.05, 3.63) is 57.4 Å². The standard InChI is InChI=1S/C23H26ClNO3/c1-14-20(23(27)28-17-9-3-2-4-10-17)21(15-7-5-8-16(24)13-15)22-18(25-14)11-6-12-19(22)26/h5,7-8,13,17,21,25H,2-4,6,9-12H2,1H3. The van der Waals surface area contributed by atoms with Crippen LogP contribution in [-0.4, -0.2) is 17.9 Å². The predicted octanol–water partition coefficient (Wildman–Crippen LogP) is 5.18. The molecule has 1 aromatic rings. The fourth-order valence-electron chi connectivity index (χ4n) is 4.67. The number of nitrogens with one attached hydrogen (secondary N) is 1. The Morgan fingerprint density at radius 3 is 2.68 bits per heavy atom. The first kappa shape index (κ1) is 19.3. The second kappa shape index (κ2) is 8.12. The molecule has 3 aliphatic rings. The van der Waals surface area contributed by atoms with Gasteiger partial charge in [-0.15, -0.1) is 0 Å². The Kier molecular flexibility index (Phi) is 5.58. The monoisotopic (exact) mass is 399 g/mol. The molecule has 0 saturated heterocycles. The lowest BCUT2D eigenvalue weighted by atomic mass is 9.75. The van der Waals surface area contributed by atoms with E-state index in [0.29, 0.717) is 22.6 Å². The number of dihydropyridines is 1. The maximum atomic E-state index is 13.2. The van der Waals surface area contributed by atoms with Gasteiger partial charge in [-0.25, -0.2) is 4.79 Å². The molecule has 0 spiro atoms. The van der Waals surface area contributed by atoms with Crippen LogP contribution >= 0.6 is 11.6 Å². The summed E-state index contributed by atoms with van der Waals surface area (Å²) >= 11 is 6.25. The van der Waals surface area contributed by atoms with Crippen LogP contribution in [0.1, 0.15) is 69.8 Å². The quantitative estimate of drug-likeness (QED) is 0.711. The highest BCUT2D eigenvalue weighted by atomic mass is 35.5. The van der Waals surface area contributed by atoms with Gasteiger partial charge in [0.1, 0.15) is 6.10 Å². The van der Waals surface area contributed by atoms with Gasteiger partial charge in [-0.3, -0.25) is 4.79 Å². The Morgan fingerprint density at radius 2 is 1.93 bits per heavy atom. The molecule has 1 aliphatic heterocycles. The van der Waals surface area contributed by atoms with Gasteiger partial charge in [0, 0.05) is 34.3 Å². The van der Waals surface area contributed by atoms with Gasteiger partial charge in [0.25, 0.3) is 0 Å². The van der Waals surface area contributed by atoms with Crippen LogP contribution < -0.4 is 5.32 Å². The van der Waals surface area contributed by atoms with E-state index in [-0.39, 0.29) is 17.9 Å². The summed E-state index contributed by atoms with van der Waals surface area (Å²) in [5, 5.41) is 3.93. The zero-order valence-electron chi connectivity index (χ0n) is 16.2. The molecule has 1 saturated carbocycles. The maximum absolute atomic E-state index is 13.2. The van der Waals surface area contributed by atoms with E-state index in [4.69, 9.17) is 16.3 Å². The molecule has 1 atom stereocenters. The number of rotatable bonds is 3. The topological polar surface area (TPSA) is 55.4 Å². The summed E-state index contributed by atoms with van der Waals surface area (Å²) in [6.45, 7) is 1.90. The molecule has 1 aromatic carbocycles. The summed E-state index contributed by atoms with van der Waals surface area (Å²) in [6.07, 6.45) is 7.37. The summed E-state index contributed by atoms with van der Waals surface area (Å²) in [5.41, 5.74) is 3.83. The molecule has 1 heterocycles. The summed E-state index contributed by atoms with van der Waals surface area (Å²) in [6, 6.07) is 7.47. The van der Waals surface area contributed by atoms with Crippen LogP contribution in [0, 0.1) is 0 Å². The third-order valence-corrected chi connectivity index (χ3v) is 6.24. The SMILES string of the molecule is CC1=C(C(=O)OC2CCCCC2)C(c2cccc(Cl)c2)C2=C(CCCC2=O)N1. The van der Waals surface area contributed by atoms with Gasteiger partial charge in [-0.1, -0.05) is 30.2 Å². The molecule has 28 heavy (non-hydrogen) atoms. The molecular weight excluding hydrogens is 374 g/mol. The van der Waals surface area contributed by atoms with Gasteiger partial charge in [0.05, 0.1) is 5.57 Å². The number of esters is 1. The van der Waals surface area contributed by atoms with Gasteiger partial charge < -0.3 is 10.1 Å². The highest BCUT2D eigenvalue weighted by Gasteiger charge is 2.39. The normalized spacial score (nSPS) is 23.4. The number of ketones is 1. The number of carbonyl (C=O) groups excluding carboxylic acids is 2.